The average molecular weight is 277 g/mol. The zero-order valence-electron chi connectivity index (χ0n) is 12.0. The van der Waals surface area contributed by atoms with Gasteiger partial charge in [0.1, 0.15) is 0 Å². The summed E-state index contributed by atoms with van der Waals surface area (Å²) < 4.78 is 0. The Balaban J connectivity index is 1.83. The van der Waals surface area contributed by atoms with Crippen LogP contribution in [0.25, 0.3) is 0 Å². The van der Waals surface area contributed by atoms with Crippen molar-refractivity contribution in [1.82, 2.24) is 10.3 Å². The van der Waals surface area contributed by atoms with Crippen LogP contribution in [0.2, 0.25) is 0 Å². The Hall–Kier alpha value is -1.03. The summed E-state index contributed by atoms with van der Waals surface area (Å²) in [5.41, 5.74) is 2.46. The summed E-state index contributed by atoms with van der Waals surface area (Å²) in [5.74, 6) is 0.745. The van der Waals surface area contributed by atoms with Crippen molar-refractivity contribution in [2.24, 2.45) is 10.9 Å². The second-order valence-electron chi connectivity index (χ2n) is 5.33. The number of aliphatic imine (C=N–C) groups is 1. The molecule has 3 nitrogen and oxygen atoms in total. The molecule has 1 unspecified atom stereocenters. The second-order valence-corrected chi connectivity index (χ2v) is 6.62. The van der Waals surface area contributed by atoms with Gasteiger partial charge in [-0.3, -0.25) is 9.98 Å². The second kappa shape index (κ2) is 6.94. The van der Waals surface area contributed by atoms with Crippen LogP contribution in [0.15, 0.2) is 23.3 Å². The number of thioether (sulfide) groups is 1. The number of hydrogen-bond donors (Lipinski definition) is 1. The molecule has 2 rings (SSSR count). The van der Waals surface area contributed by atoms with Gasteiger partial charge in [0.2, 0.25) is 0 Å². The van der Waals surface area contributed by atoms with Gasteiger partial charge in [0.25, 0.3) is 0 Å². The van der Waals surface area contributed by atoms with E-state index in [1.807, 2.05) is 24.0 Å². The van der Waals surface area contributed by atoms with Crippen LogP contribution in [-0.2, 0) is 13.0 Å². The maximum atomic E-state index is 4.58. The summed E-state index contributed by atoms with van der Waals surface area (Å²) in [4.78, 5) is 9.03. The molecule has 0 bridgehead atoms. The molecule has 4 heteroatoms. The third-order valence-electron chi connectivity index (χ3n) is 3.22. The molecule has 0 fully saturated rings. The van der Waals surface area contributed by atoms with Gasteiger partial charge in [-0.2, -0.15) is 0 Å². The van der Waals surface area contributed by atoms with Crippen LogP contribution in [0.3, 0.4) is 0 Å². The molecule has 0 amide bonds. The van der Waals surface area contributed by atoms with E-state index in [1.54, 1.807) is 0 Å². The quantitative estimate of drug-likeness (QED) is 0.897. The summed E-state index contributed by atoms with van der Waals surface area (Å²) in [5, 5.41) is 5.16. The van der Waals surface area contributed by atoms with E-state index in [9.17, 15) is 0 Å². The highest BCUT2D eigenvalue weighted by Crippen LogP contribution is 2.25. The number of hydrogen-bond acceptors (Lipinski definition) is 4. The number of nitrogens with zero attached hydrogens (tertiary/aromatic N) is 2. The van der Waals surface area contributed by atoms with Crippen molar-refractivity contribution in [1.29, 1.82) is 0 Å². The van der Waals surface area contributed by atoms with E-state index >= 15 is 0 Å². The smallest absolute Gasteiger partial charge is 0.157 e. The zero-order chi connectivity index (χ0) is 13.7. The van der Waals surface area contributed by atoms with E-state index in [0.29, 0.717) is 5.25 Å². The Morgan fingerprint density at radius 3 is 3.05 bits per heavy atom. The lowest BCUT2D eigenvalue weighted by atomic mass is 10.1. The van der Waals surface area contributed by atoms with Crippen molar-refractivity contribution in [3.63, 3.8) is 0 Å². The molecule has 1 aromatic heterocycles. The highest BCUT2D eigenvalue weighted by Gasteiger charge is 2.20. The van der Waals surface area contributed by atoms with Gasteiger partial charge in [-0.1, -0.05) is 38.6 Å². The van der Waals surface area contributed by atoms with Gasteiger partial charge < -0.3 is 5.32 Å². The van der Waals surface area contributed by atoms with Crippen LogP contribution in [-0.4, -0.2) is 21.9 Å². The van der Waals surface area contributed by atoms with Crippen molar-refractivity contribution >= 4 is 16.9 Å². The molecule has 104 valence electrons. The highest BCUT2D eigenvalue weighted by molar-refractivity contribution is 8.14. The Morgan fingerprint density at radius 2 is 2.32 bits per heavy atom. The Labute approximate surface area is 120 Å². The number of nitrogens with one attached hydrogen (secondary N) is 1. The van der Waals surface area contributed by atoms with E-state index in [2.05, 4.69) is 42.1 Å². The van der Waals surface area contributed by atoms with E-state index in [0.717, 1.165) is 36.3 Å². The molecule has 0 saturated heterocycles. The summed E-state index contributed by atoms with van der Waals surface area (Å²) in [6.07, 6.45) is 4.13. The van der Waals surface area contributed by atoms with Crippen LogP contribution in [0.4, 0.5) is 0 Å². The lowest BCUT2D eigenvalue weighted by molar-refractivity contribution is 0.575. The zero-order valence-corrected chi connectivity index (χ0v) is 12.8. The predicted octanol–water partition coefficient (Wildman–Crippen LogP) is 3.25. The van der Waals surface area contributed by atoms with Crippen LogP contribution in [0, 0.1) is 5.92 Å². The average Bonchev–Trinajstić information content (AvgIpc) is 2.83. The number of rotatable bonds is 5. The van der Waals surface area contributed by atoms with Crippen molar-refractivity contribution in [3.8, 4) is 0 Å². The van der Waals surface area contributed by atoms with Gasteiger partial charge in [0, 0.05) is 11.4 Å². The third-order valence-corrected chi connectivity index (χ3v) is 4.40. The molecule has 19 heavy (non-hydrogen) atoms. The summed E-state index contributed by atoms with van der Waals surface area (Å²) in [7, 11) is 0. The topological polar surface area (TPSA) is 37.3 Å². The molecule has 1 aliphatic heterocycles. The van der Waals surface area contributed by atoms with E-state index in [4.69, 9.17) is 0 Å². The predicted molar refractivity (Wildman–Crippen MR) is 83.6 cm³/mol. The molecule has 0 spiro atoms. The van der Waals surface area contributed by atoms with Crippen molar-refractivity contribution in [2.45, 2.75) is 45.4 Å². The Kier molecular flexibility index (Phi) is 5.25. The highest BCUT2D eigenvalue weighted by atomic mass is 32.2. The minimum Gasteiger partial charge on any atom is -0.359 e. The van der Waals surface area contributed by atoms with E-state index in [1.165, 1.54) is 12.0 Å². The number of pyridine rings is 1. The third kappa shape index (κ3) is 4.23. The number of aryl methyl sites for hydroxylation is 1. The van der Waals surface area contributed by atoms with Crippen molar-refractivity contribution in [2.75, 3.05) is 6.54 Å². The van der Waals surface area contributed by atoms with Crippen LogP contribution >= 0.6 is 11.8 Å². The van der Waals surface area contributed by atoms with Crippen LogP contribution in [0.5, 0.6) is 0 Å². The fraction of sp³-hybridized carbons (Fsp3) is 0.600. The fourth-order valence-corrected chi connectivity index (χ4v) is 3.53. The Morgan fingerprint density at radius 1 is 1.47 bits per heavy atom. The van der Waals surface area contributed by atoms with Gasteiger partial charge in [-0.05, 0) is 30.4 Å². The molecule has 0 aliphatic carbocycles. The lowest BCUT2D eigenvalue weighted by Gasteiger charge is -2.12. The van der Waals surface area contributed by atoms with Crippen molar-refractivity contribution < 1.29 is 0 Å². The molecule has 0 radical (unpaired) electrons. The first-order valence-electron chi connectivity index (χ1n) is 7.06. The maximum Gasteiger partial charge on any atom is 0.157 e. The van der Waals surface area contributed by atoms with Crippen LogP contribution in [0.1, 0.15) is 38.4 Å². The van der Waals surface area contributed by atoms with Crippen molar-refractivity contribution in [3.05, 3.63) is 29.6 Å². The van der Waals surface area contributed by atoms with Gasteiger partial charge in [0.05, 0.1) is 18.8 Å². The normalized spacial score (nSPS) is 18.7. The molecule has 1 N–H and O–H groups in total. The molecule has 2 heterocycles. The largest absolute Gasteiger partial charge is 0.359 e. The first-order valence-corrected chi connectivity index (χ1v) is 7.94. The Bertz CT molecular complexity index is 443. The minimum absolute atomic E-state index is 0.650. The van der Waals surface area contributed by atoms with Gasteiger partial charge in [-0.15, -0.1) is 0 Å². The summed E-state index contributed by atoms with van der Waals surface area (Å²) in [6, 6.07) is 4.15. The summed E-state index contributed by atoms with van der Waals surface area (Å²) >= 11 is 1.88. The monoisotopic (exact) mass is 277 g/mol. The molecule has 0 aromatic carbocycles. The SMILES string of the molecule is CCc1cccnc1CNC1=NCC(CC(C)C)S1. The summed E-state index contributed by atoms with van der Waals surface area (Å²) in [6.45, 7) is 8.44. The van der Waals surface area contributed by atoms with Gasteiger partial charge >= 0.3 is 0 Å². The standard InChI is InChI=1S/C15H23N3S/c1-4-12-6-5-7-16-14(12)10-18-15-17-9-13(19-15)8-11(2)3/h5-7,11,13H,4,8-10H2,1-3H3,(H,17,18). The first kappa shape index (κ1) is 14.4. The van der Waals surface area contributed by atoms with Gasteiger partial charge in [0.15, 0.2) is 5.17 Å². The molecule has 1 atom stereocenters. The van der Waals surface area contributed by atoms with Crippen LogP contribution < -0.4 is 5.32 Å². The molecule has 1 aliphatic rings. The molecule has 0 saturated carbocycles. The molecular weight excluding hydrogens is 254 g/mol. The first-order chi connectivity index (χ1) is 9.19. The van der Waals surface area contributed by atoms with E-state index in [-0.39, 0.29) is 0 Å². The number of amidine groups is 1. The molecular formula is C15H23N3S. The van der Waals surface area contributed by atoms with E-state index < -0.39 is 0 Å². The van der Waals surface area contributed by atoms with Gasteiger partial charge in [-0.25, -0.2) is 0 Å². The molecule has 1 aromatic rings. The fourth-order valence-electron chi connectivity index (χ4n) is 2.27. The number of aromatic nitrogens is 1. The lowest BCUT2D eigenvalue weighted by Crippen LogP contribution is -2.20. The maximum absolute atomic E-state index is 4.58. The minimum atomic E-state index is 0.650.